The van der Waals surface area contributed by atoms with Gasteiger partial charge in [-0.2, -0.15) is 0 Å². The number of carboxylic acids is 1. The number of rotatable bonds is 5. The standard InChI is InChI=1S/C19H17NO4/c1-23-15-9-14(10-16(11-15)24-2)20-18-8-13-6-4-3-5-12(13)7-17(18)19(21)22/h3-11,20H,1-2H3,(H,21,22). The molecule has 5 heteroatoms. The number of hydrogen-bond acceptors (Lipinski definition) is 4. The van der Waals surface area contributed by atoms with Gasteiger partial charge in [0.05, 0.1) is 25.5 Å². The summed E-state index contributed by atoms with van der Waals surface area (Å²) in [6, 6.07) is 16.4. The van der Waals surface area contributed by atoms with Gasteiger partial charge >= 0.3 is 5.97 Å². The Morgan fingerprint density at radius 3 is 2.04 bits per heavy atom. The second-order valence-electron chi connectivity index (χ2n) is 5.28. The summed E-state index contributed by atoms with van der Waals surface area (Å²) in [7, 11) is 3.13. The molecule has 24 heavy (non-hydrogen) atoms. The van der Waals surface area contributed by atoms with Gasteiger partial charge < -0.3 is 19.9 Å². The third-order valence-corrected chi connectivity index (χ3v) is 3.75. The van der Waals surface area contributed by atoms with Gasteiger partial charge in [-0.05, 0) is 22.9 Å². The minimum absolute atomic E-state index is 0.204. The van der Waals surface area contributed by atoms with Gasteiger partial charge in [0, 0.05) is 23.9 Å². The smallest absolute Gasteiger partial charge is 0.337 e. The molecule has 0 radical (unpaired) electrons. The zero-order valence-electron chi connectivity index (χ0n) is 13.4. The molecule has 3 aromatic carbocycles. The lowest BCUT2D eigenvalue weighted by molar-refractivity contribution is 0.0698. The minimum Gasteiger partial charge on any atom is -0.497 e. The monoisotopic (exact) mass is 323 g/mol. The number of carboxylic acid groups (broad SMARTS) is 1. The van der Waals surface area contributed by atoms with Crippen molar-refractivity contribution >= 4 is 28.1 Å². The summed E-state index contributed by atoms with van der Waals surface area (Å²) in [6.07, 6.45) is 0. The second-order valence-corrected chi connectivity index (χ2v) is 5.28. The number of aromatic carboxylic acids is 1. The summed E-state index contributed by atoms with van der Waals surface area (Å²) in [5.74, 6) is 0.252. The van der Waals surface area contributed by atoms with Crippen molar-refractivity contribution in [2.75, 3.05) is 19.5 Å². The first-order valence-electron chi connectivity index (χ1n) is 7.37. The fourth-order valence-corrected chi connectivity index (χ4v) is 2.56. The van der Waals surface area contributed by atoms with E-state index in [1.165, 1.54) is 0 Å². The van der Waals surface area contributed by atoms with Crippen molar-refractivity contribution in [1.29, 1.82) is 0 Å². The number of fused-ring (bicyclic) bond motifs is 1. The molecule has 0 bridgehead atoms. The van der Waals surface area contributed by atoms with Crippen LogP contribution < -0.4 is 14.8 Å². The third-order valence-electron chi connectivity index (χ3n) is 3.75. The predicted octanol–water partition coefficient (Wildman–Crippen LogP) is 4.30. The molecule has 3 aromatic rings. The van der Waals surface area contributed by atoms with E-state index in [4.69, 9.17) is 9.47 Å². The maximum atomic E-state index is 11.6. The van der Waals surface area contributed by atoms with Crippen molar-refractivity contribution in [2.24, 2.45) is 0 Å². The van der Waals surface area contributed by atoms with Gasteiger partial charge in [-0.3, -0.25) is 0 Å². The number of anilines is 2. The molecule has 0 aliphatic rings. The van der Waals surface area contributed by atoms with Crippen LogP contribution >= 0.6 is 0 Å². The summed E-state index contributed by atoms with van der Waals surface area (Å²) in [6.45, 7) is 0. The quantitative estimate of drug-likeness (QED) is 0.733. The summed E-state index contributed by atoms with van der Waals surface area (Å²) < 4.78 is 10.5. The molecule has 2 N–H and O–H groups in total. The zero-order valence-corrected chi connectivity index (χ0v) is 13.4. The first kappa shape index (κ1) is 15.7. The van der Waals surface area contributed by atoms with Gasteiger partial charge in [-0.1, -0.05) is 24.3 Å². The van der Waals surface area contributed by atoms with Crippen LogP contribution in [0.1, 0.15) is 10.4 Å². The summed E-state index contributed by atoms with van der Waals surface area (Å²) in [5.41, 5.74) is 1.40. The zero-order chi connectivity index (χ0) is 17.1. The van der Waals surface area contributed by atoms with Crippen LogP contribution in [0, 0.1) is 0 Å². The van der Waals surface area contributed by atoms with Gasteiger partial charge in [0.2, 0.25) is 0 Å². The highest BCUT2D eigenvalue weighted by Crippen LogP contribution is 2.31. The number of hydrogen-bond donors (Lipinski definition) is 2. The Morgan fingerprint density at radius 1 is 0.917 bits per heavy atom. The Bertz CT molecular complexity index is 883. The molecule has 3 rings (SSSR count). The molecule has 0 saturated carbocycles. The predicted molar refractivity (Wildman–Crippen MR) is 93.7 cm³/mol. The molecule has 0 aliphatic carbocycles. The molecule has 0 aliphatic heterocycles. The van der Waals surface area contributed by atoms with Crippen LogP contribution in [0.2, 0.25) is 0 Å². The molecule has 5 nitrogen and oxygen atoms in total. The normalized spacial score (nSPS) is 10.4. The van der Waals surface area contributed by atoms with Crippen LogP contribution in [-0.4, -0.2) is 25.3 Å². The van der Waals surface area contributed by atoms with Crippen LogP contribution in [0.25, 0.3) is 10.8 Å². The Balaban J connectivity index is 2.09. The van der Waals surface area contributed by atoms with E-state index in [-0.39, 0.29) is 5.56 Å². The van der Waals surface area contributed by atoms with E-state index in [2.05, 4.69) is 5.32 Å². The lowest BCUT2D eigenvalue weighted by atomic mass is 10.0. The van der Waals surface area contributed by atoms with Crippen molar-refractivity contribution in [3.05, 3.63) is 60.2 Å². The van der Waals surface area contributed by atoms with Crippen LogP contribution in [0.5, 0.6) is 11.5 Å². The van der Waals surface area contributed by atoms with Crippen molar-refractivity contribution in [3.8, 4) is 11.5 Å². The molecule has 0 fully saturated rings. The summed E-state index contributed by atoms with van der Waals surface area (Å²) >= 11 is 0. The first-order valence-corrected chi connectivity index (χ1v) is 7.37. The highest BCUT2D eigenvalue weighted by Gasteiger charge is 2.13. The average Bonchev–Trinajstić information content (AvgIpc) is 2.60. The number of methoxy groups -OCH3 is 2. The lowest BCUT2D eigenvalue weighted by Gasteiger charge is -2.13. The second kappa shape index (κ2) is 6.50. The van der Waals surface area contributed by atoms with E-state index in [9.17, 15) is 9.90 Å². The maximum absolute atomic E-state index is 11.6. The number of ether oxygens (including phenoxy) is 2. The average molecular weight is 323 g/mol. The van der Waals surface area contributed by atoms with Crippen LogP contribution in [-0.2, 0) is 0 Å². The van der Waals surface area contributed by atoms with Gasteiger partial charge in [0.15, 0.2) is 0 Å². The highest BCUT2D eigenvalue weighted by molar-refractivity contribution is 6.01. The molecule has 122 valence electrons. The maximum Gasteiger partial charge on any atom is 0.337 e. The van der Waals surface area contributed by atoms with Gasteiger partial charge in [-0.25, -0.2) is 4.79 Å². The van der Waals surface area contributed by atoms with Crippen molar-refractivity contribution in [2.45, 2.75) is 0 Å². The molecule has 0 unspecified atom stereocenters. The van der Waals surface area contributed by atoms with Gasteiger partial charge in [-0.15, -0.1) is 0 Å². The molecular formula is C19H17NO4. The number of nitrogens with one attached hydrogen (secondary N) is 1. The van der Waals surface area contributed by atoms with E-state index in [1.54, 1.807) is 38.5 Å². The van der Waals surface area contributed by atoms with Gasteiger partial charge in [0.1, 0.15) is 11.5 Å². The van der Waals surface area contributed by atoms with E-state index in [0.29, 0.717) is 22.9 Å². The molecule has 0 spiro atoms. The van der Waals surface area contributed by atoms with Crippen molar-refractivity contribution in [1.82, 2.24) is 0 Å². The summed E-state index contributed by atoms with van der Waals surface area (Å²) in [4.78, 5) is 11.6. The van der Waals surface area contributed by atoms with Crippen LogP contribution in [0.4, 0.5) is 11.4 Å². The lowest BCUT2D eigenvalue weighted by Crippen LogP contribution is -2.03. The van der Waals surface area contributed by atoms with E-state index >= 15 is 0 Å². The van der Waals surface area contributed by atoms with Crippen molar-refractivity contribution in [3.63, 3.8) is 0 Å². The molecule has 0 atom stereocenters. The topological polar surface area (TPSA) is 67.8 Å². The molecule has 0 saturated heterocycles. The highest BCUT2D eigenvalue weighted by atomic mass is 16.5. The molecular weight excluding hydrogens is 306 g/mol. The number of carbonyl (C=O) groups is 1. The fourth-order valence-electron chi connectivity index (χ4n) is 2.56. The fraction of sp³-hybridized carbons (Fsp3) is 0.105. The van der Waals surface area contributed by atoms with Gasteiger partial charge in [0.25, 0.3) is 0 Å². The Morgan fingerprint density at radius 2 is 1.50 bits per heavy atom. The Kier molecular flexibility index (Phi) is 4.24. The molecule has 0 heterocycles. The number of benzene rings is 3. The van der Waals surface area contributed by atoms with Crippen LogP contribution in [0.15, 0.2) is 54.6 Å². The summed E-state index contributed by atoms with van der Waals surface area (Å²) in [5, 5.41) is 14.5. The largest absolute Gasteiger partial charge is 0.497 e. The third kappa shape index (κ3) is 3.10. The minimum atomic E-state index is -0.988. The molecule has 0 amide bonds. The SMILES string of the molecule is COc1cc(Nc2cc3ccccc3cc2C(=O)O)cc(OC)c1. The van der Waals surface area contributed by atoms with Crippen LogP contribution in [0.3, 0.4) is 0 Å². The first-order chi connectivity index (χ1) is 11.6. The van der Waals surface area contributed by atoms with E-state index in [0.717, 1.165) is 10.8 Å². The Hall–Kier alpha value is -3.21. The van der Waals surface area contributed by atoms with Crippen molar-refractivity contribution < 1.29 is 19.4 Å². The van der Waals surface area contributed by atoms with E-state index < -0.39 is 5.97 Å². The van der Waals surface area contributed by atoms with E-state index in [1.807, 2.05) is 30.3 Å². The molecule has 0 aromatic heterocycles. The Labute approximate surface area is 139 Å².